The lowest BCUT2D eigenvalue weighted by atomic mass is 10.1. The number of aliphatic imine (C=N–C) groups is 1. The molecular weight excluding hydrogens is 353 g/mol. The van der Waals surface area contributed by atoms with Crippen molar-refractivity contribution in [3.05, 3.63) is 65.7 Å². The van der Waals surface area contributed by atoms with Crippen LogP contribution in [-0.4, -0.2) is 32.1 Å². The highest BCUT2D eigenvalue weighted by molar-refractivity contribution is 5.80. The Morgan fingerprint density at radius 1 is 1.15 bits per heavy atom. The third kappa shape index (κ3) is 5.15. The Morgan fingerprint density at radius 2 is 1.93 bits per heavy atom. The summed E-state index contributed by atoms with van der Waals surface area (Å²) in [5, 5.41) is 6.45. The van der Waals surface area contributed by atoms with E-state index in [1.165, 1.54) is 11.8 Å². The quantitative estimate of drug-likeness (QED) is 0.632. The standard InChI is InChI=1S/C20H23F3N4/c1-24-19(25-13-15-6-5-7-16(12-15)20(21,22)23)26-17-10-11-27(14-17)18-8-3-2-4-9-18/h2-9,12,17H,10-11,13-14H2,1H3,(H2,24,25,26). The number of nitrogens with one attached hydrogen (secondary N) is 2. The molecule has 0 aromatic heterocycles. The fourth-order valence-corrected chi connectivity index (χ4v) is 3.18. The molecule has 1 saturated heterocycles. The average molecular weight is 376 g/mol. The SMILES string of the molecule is CN=C(NCc1cccc(C(F)(F)F)c1)NC1CCN(c2ccccc2)C1. The van der Waals surface area contributed by atoms with E-state index in [4.69, 9.17) is 0 Å². The molecule has 2 aromatic rings. The van der Waals surface area contributed by atoms with Gasteiger partial charge in [0.2, 0.25) is 0 Å². The van der Waals surface area contributed by atoms with Crippen molar-refractivity contribution in [2.24, 2.45) is 4.99 Å². The van der Waals surface area contributed by atoms with Gasteiger partial charge in [0.25, 0.3) is 0 Å². The molecule has 2 N–H and O–H groups in total. The number of rotatable bonds is 4. The van der Waals surface area contributed by atoms with Crippen LogP contribution in [0.1, 0.15) is 17.5 Å². The van der Waals surface area contributed by atoms with Crippen molar-refractivity contribution in [3.8, 4) is 0 Å². The maximum atomic E-state index is 12.8. The lowest BCUT2D eigenvalue weighted by Gasteiger charge is -2.20. The zero-order chi connectivity index (χ0) is 19.3. The molecule has 0 amide bonds. The zero-order valence-electron chi connectivity index (χ0n) is 15.1. The van der Waals surface area contributed by atoms with Gasteiger partial charge in [0.05, 0.1) is 5.56 Å². The highest BCUT2D eigenvalue weighted by Gasteiger charge is 2.30. The first-order valence-corrected chi connectivity index (χ1v) is 8.89. The highest BCUT2D eigenvalue weighted by Crippen LogP contribution is 2.29. The van der Waals surface area contributed by atoms with Crippen molar-refractivity contribution >= 4 is 11.6 Å². The molecule has 7 heteroatoms. The van der Waals surface area contributed by atoms with Crippen LogP contribution in [0, 0.1) is 0 Å². The van der Waals surface area contributed by atoms with Gasteiger partial charge >= 0.3 is 6.18 Å². The summed E-state index contributed by atoms with van der Waals surface area (Å²) in [7, 11) is 1.66. The highest BCUT2D eigenvalue weighted by atomic mass is 19.4. The number of nitrogens with zero attached hydrogens (tertiary/aromatic N) is 2. The Labute approximate surface area is 157 Å². The van der Waals surface area contributed by atoms with Gasteiger partial charge in [-0.1, -0.05) is 30.3 Å². The molecule has 144 valence electrons. The number of halogens is 3. The molecule has 1 fully saturated rings. The largest absolute Gasteiger partial charge is 0.416 e. The summed E-state index contributed by atoms with van der Waals surface area (Å²) in [6.45, 7) is 2.08. The van der Waals surface area contributed by atoms with Gasteiger partial charge in [-0.2, -0.15) is 13.2 Å². The minimum Gasteiger partial charge on any atom is -0.369 e. The fraction of sp³-hybridized carbons (Fsp3) is 0.350. The molecule has 1 aliphatic rings. The summed E-state index contributed by atoms with van der Waals surface area (Å²) >= 11 is 0. The maximum absolute atomic E-state index is 12.8. The molecule has 0 spiro atoms. The molecule has 0 aliphatic carbocycles. The Morgan fingerprint density at radius 3 is 2.63 bits per heavy atom. The fourth-order valence-electron chi connectivity index (χ4n) is 3.18. The van der Waals surface area contributed by atoms with Crippen LogP contribution in [0.4, 0.5) is 18.9 Å². The molecule has 27 heavy (non-hydrogen) atoms. The average Bonchev–Trinajstić information content (AvgIpc) is 3.14. The normalized spacial score (nSPS) is 17.9. The molecule has 1 heterocycles. The molecule has 2 aromatic carbocycles. The zero-order valence-corrected chi connectivity index (χ0v) is 15.1. The molecule has 1 aliphatic heterocycles. The monoisotopic (exact) mass is 376 g/mol. The number of para-hydroxylation sites is 1. The molecule has 3 rings (SSSR count). The second-order valence-corrected chi connectivity index (χ2v) is 6.54. The van der Waals surface area contributed by atoms with E-state index in [0.717, 1.165) is 31.6 Å². The van der Waals surface area contributed by atoms with Gasteiger partial charge in [0.1, 0.15) is 0 Å². The number of benzene rings is 2. The predicted molar refractivity (Wildman–Crippen MR) is 102 cm³/mol. The number of hydrogen-bond donors (Lipinski definition) is 2. The van der Waals surface area contributed by atoms with Crippen molar-refractivity contribution in [3.63, 3.8) is 0 Å². The van der Waals surface area contributed by atoms with Crippen LogP contribution in [0.2, 0.25) is 0 Å². The van der Waals surface area contributed by atoms with Crippen LogP contribution < -0.4 is 15.5 Å². The van der Waals surface area contributed by atoms with Crippen LogP contribution in [0.5, 0.6) is 0 Å². The van der Waals surface area contributed by atoms with E-state index in [-0.39, 0.29) is 12.6 Å². The summed E-state index contributed by atoms with van der Waals surface area (Å²) in [4.78, 5) is 6.49. The number of hydrogen-bond acceptors (Lipinski definition) is 2. The Bertz CT molecular complexity index is 774. The molecular formula is C20H23F3N4. The summed E-state index contributed by atoms with van der Waals surface area (Å²) in [5.41, 5.74) is 1.11. The maximum Gasteiger partial charge on any atom is 0.416 e. The Balaban J connectivity index is 1.53. The number of anilines is 1. The van der Waals surface area contributed by atoms with Crippen LogP contribution >= 0.6 is 0 Å². The van der Waals surface area contributed by atoms with Gasteiger partial charge in [0, 0.05) is 38.4 Å². The molecule has 1 unspecified atom stereocenters. The first kappa shape index (κ1) is 19.1. The minimum absolute atomic E-state index is 0.234. The van der Waals surface area contributed by atoms with E-state index in [9.17, 15) is 13.2 Å². The van der Waals surface area contributed by atoms with Gasteiger partial charge in [-0.15, -0.1) is 0 Å². The molecule has 1 atom stereocenters. The van der Waals surface area contributed by atoms with Gasteiger partial charge < -0.3 is 15.5 Å². The summed E-state index contributed by atoms with van der Waals surface area (Å²) < 4.78 is 38.5. The van der Waals surface area contributed by atoms with Crippen molar-refractivity contribution in [1.82, 2.24) is 10.6 Å². The first-order valence-electron chi connectivity index (χ1n) is 8.89. The van der Waals surface area contributed by atoms with Crippen LogP contribution in [0.25, 0.3) is 0 Å². The van der Waals surface area contributed by atoms with Gasteiger partial charge in [-0.25, -0.2) is 0 Å². The van der Waals surface area contributed by atoms with E-state index >= 15 is 0 Å². The second-order valence-electron chi connectivity index (χ2n) is 6.54. The predicted octanol–water partition coefficient (Wildman–Crippen LogP) is 3.65. The van der Waals surface area contributed by atoms with Crippen molar-refractivity contribution < 1.29 is 13.2 Å². The van der Waals surface area contributed by atoms with Gasteiger partial charge in [-0.3, -0.25) is 4.99 Å². The third-order valence-electron chi connectivity index (χ3n) is 4.59. The molecule has 0 radical (unpaired) electrons. The number of guanidine groups is 1. The smallest absolute Gasteiger partial charge is 0.369 e. The van der Waals surface area contributed by atoms with Gasteiger partial charge in [-0.05, 0) is 36.2 Å². The van der Waals surface area contributed by atoms with Gasteiger partial charge in [0.15, 0.2) is 5.96 Å². The lowest BCUT2D eigenvalue weighted by Crippen LogP contribution is -2.44. The minimum atomic E-state index is -4.33. The van der Waals surface area contributed by atoms with Crippen LogP contribution in [-0.2, 0) is 12.7 Å². The summed E-state index contributed by atoms with van der Waals surface area (Å²) in [5.74, 6) is 0.590. The summed E-state index contributed by atoms with van der Waals surface area (Å²) in [6, 6.07) is 15.8. The number of alkyl halides is 3. The topological polar surface area (TPSA) is 39.7 Å². The van der Waals surface area contributed by atoms with Crippen LogP contribution in [0.3, 0.4) is 0 Å². The van der Waals surface area contributed by atoms with E-state index in [1.54, 1.807) is 13.1 Å². The van der Waals surface area contributed by atoms with Crippen molar-refractivity contribution in [2.45, 2.75) is 25.2 Å². The van der Waals surface area contributed by atoms with Crippen molar-refractivity contribution in [2.75, 3.05) is 25.0 Å². The molecule has 0 bridgehead atoms. The van der Waals surface area contributed by atoms with E-state index in [2.05, 4.69) is 32.7 Å². The second kappa shape index (κ2) is 8.33. The Kier molecular flexibility index (Phi) is 5.88. The summed E-state index contributed by atoms with van der Waals surface area (Å²) in [6.07, 6.45) is -3.36. The van der Waals surface area contributed by atoms with Crippen LogP contribution in [0.15, 0.2) is 59.6 Å². The van der Waals surface area contributed by atoms with E-state index in [1.807, 2.05) is 18.2 Å². The molecule has 4 nitrogen and oxygen atoms in total. The Hall–Kier alpha value is -2.70. The van der Waals surface area contributed by atoms with E-state index < -0.39 is 11.7 Å². The molecule has 0 saturated carbocycles. The van der Waals surface area contributed by atoms with Crippen molar-refractivity contribution in [1.29, 1.82) is 0 Å². The first-order chi connectivity index (χ1) is 13.0. The third-order valence-corrected chi connectivity index (χ3v) is 4.59. The lowest BCUT2D eigenvalue weighted by molar-refractivity contribution is -0.137. The van der Waals surface area contributed by atoms with E-state index in [0.29, 0.717) is 11.5 Å².